The number of hydrogen-bond donors (Lipinski definition) is 1. The maximum atomic E-state index is 5.83. The lowest BCUT2D eigenvalue weighted by atomic mass is 10.4. The summed E-state index contributed by atoms with van der Waals surface area (Å²) >= 11 is 0. The Labute approximate surface area is 112 Å². The van der Waals surface area contributed by atoms with E-state index in [0.717, 1.165) is 39.2 Å². The third-order valence-corrected chi connectivity index (χ3v) is 3.52. The summed E-state index contributed by atoms with van der Waals surface area (Å²) in [6.45, 7) is 5.24. The SMILES string of the molecule is Nc1nc(N2CCCC2)nc(N2CCCOCC2)n1. The number of nitrogen functional groups attached to an aromatic ring is 1. The van der Waals surface area contributed by atoms with Crippen molar-refractivity contribution >= 4 is 17.8 Å². The molecular formula is C12H20N6O. The predicted molar refractivity (Wildman–Crippen MR) is 73.3 cm³/mol. The molecule has 1 aromatic heterocycles. The van der Waals surface area contributed by atoms with E-state index in [2.05, 4.69) is 24.8 Å². The Hall–Kier alpha value is -1.63. The van der Waals surface area contributed by atoms with Crippen LogP contribution in [0.25, 0.3) is 0 Å². The largest absolute Gasteiger partial charge is 0.380 e. The van der Waals surface area contributed by atoms with Crippen molar-refractivity contribution in [3.05, 3.63) is 0 Å². The fraction of sp³-hybridized carbons (Fsp3) is 0.750. The third-order valence-electron chi connectivity index (χ3n) is 3.52. The first-order valence-electron chi connectivity index (χ1n) is 6.92. The second kappa shape index (κ2) is 5.56. The number of ether oxygens (including phenoxy) is 1. The van der Waals surface area contributed by atoms with Gasteiger partial charge in [-0.25, -0.2) is 0 Å². The van der Waals surface area contributed by atoms with Gasteiger partial charge in [-0.05, 0) is 19.3 Å². The highest BCUT2D eigenvalue weighted by molar-refractivity contribution is 5.44. The summed E-state index contributed by atoms with van der Waals surface area (Å²) in [5.74, 6) is 1.70. The molecule has 3 rings (SSSR count). The molecule has 2 fully saturated rings. The number of hydrogen-bond acceptors (Lipinski definition) is 7. The molecule has 0 aliphatic carbocycles. The Morgan fingerprint density at radius 2 is 1.42 bits per heavy atom. The average molecular weight is 264 g/mol. The highest BCUT2D eigenvalue weighted by atomic mass is 16.5. The van der Waals surface area contributed by atoms with Crippen LogP contribution in [0, 0.1) is 0 Å². The van der Waals surface area contributed by atoms with Crippen molar-refractivity contribution < 1.29 is 4.74 Å². The van der Waals surface area contributed by atoms with Crippen LogP contribution >= 0.6 is 0 Å². The molecule has 7 heteroatoms. The van der Waals surface area contributed by atoms with Crippen molar-refractivity contribution in [1.29, 1.82) is 0 Å². The fourth-order valence-corrected chi connectivity index (χ4v) is 2.52. The van der Waals surface area contributed by atoms with E-state index >= 15 is 0 Å². The van der Waals surface area contributed by atoms with Crippen LogP contribution in [0.3, 0.4) is 0 Å². The van der Waals surface area contributed by atoms with Crippen molar-refractivity contribution in [1.82, 2.24) is 15.0 Å². The van der Waals surface area contributed by atoms with Crippen molar-refractivity contribution in [2.24, 2.45) is 0 Å². The van der Waals surface area contributed by atoms with Crippen molar-refractivity contribution in [2.75, 3.05) is 54.9 Å². The van der Waals surface area contributed by atoms with Gasteiger partial charge in [0, 0.05) is 32.8 Å². The molecule has 0 spiro atoms. The van der Waals surface area contributed by atoms with Crippen LogP contribution < -0.4 is 15.5 Å². The molecule has 0 atom stereocenters. The van der Waals surface area contributed by atoms with Crippen LogP contribution in [0.2, 0.25) is 0 Å². The molecule has 104 valence electrons. The van der Waals surface area contributed by atoms with Gasteiger partial charge < -0.3 is 20.3 Å². The summed E-state index contributed by atoms with van der Waals surface area (Å²) in [6, 6.07) is 0. The Kier molecular flexibility index (Phi) is 3.63. The van der Waals surface area contributed by atoms with Gasteiger partial charge in [-0.1, -0.05) is 0 Å². The van der Waals surface area contributed by atoms with E-state index in [4.69, 9.17) is 10.5 Å². The standard InChI is InChI=1S/C12H20N6O/c13-10-14-11(17-4-1-2-5-17)16-12(15-10)18-6-3-8-19-9-7-18/h1-9H2,(H2,13,14,15,16). The van der Waals surface area contributed by atoms with Gasteiger partial charge in [0.25, 0.3) is 0 Å². The average Bonchev–Trinajstić information content (AvgIpc) is 2.81. The van der Waals surface area contributed by atoms with Crippen LogP contribution in [0.5, 0.6) is 0 Å². The first-order chi connectivity index (χ1) is 9.33. The van der Waals surface area contributed by atoms with Crippen LogP contribution in [0.4, 0.5) is 17.8 Å². The van der Waals surface area contributed by atoms with E-state index in [-0.39, 0.29) is 0 Å². The maximum absolute atomic E-state index is 5.83. The maximum Gasteiger partial charge on any atom is 0.232 e. The Morgan fingerprint density at radius 3 is 2.16 bits per heavy atom. The minimum Gasteiger partial charge on any atom is -0.380 e. The molecule has 2 aliphatic heterocycles. The highest BCUT2D eigenvalue weighted by Gasteiger charge is 2.19. The van der Waals surface area contributed by atoms with Gasteiger partial charge >= 0.3 is 0 Å². The molecule has 0 unspecified atom stereocenters. The minimum atomic E-state index is 0.303. The first-order valence-corrected chi connectivity index (χ1v) is 6.92. The zero-order valence-electron chi connectivity index (χ0n) is 11.1. The second-order valence-electron chi connectivity index (χ2n) is 4.94. The van der Waals surface area contributed by atoms with Gasteiger partial charge in [0.15, 0.2) is 0 Å². The molecule has 7 nitrogen and oxygen atoms in total. The lowest BCUT2D eigenvalue weighted by Gasteiger charge is -2.22. The van der Waals surface area contributed by atoms with Crippen LogP contribution in [0.1, 0.15) is 19.3 Å². The Balaban J connectivity index is 1.83. The third kappa shape index (κ3) is 2.86. The molecular weight excluding hydrogens is 244 g/mol. The summed E-state index contributed by atoms with van der Waals surface area (Å²) in [4.78, 5) is 17.4. The highest BCUT2D eigenvalue weighted by Crippen LogP contribution is 2.19. The molecule has 2 aliphatic rings. The molecule has 0 aromatic carbocycles. The Morgan fingerprint density at radius 1 is 0.789 bits per heavy atom. The van der Waals surface area contributed by atoms with E-state index in [1.54, 1.807) is 0 Å². The minimum absolute atomic E-state index is 0.303. The molecule has 2 saturated heterocycles. The number of anilines is 3. The number of aromatic nitrogens is 3. The molecule has 1 aromatic rings. The van der Waals surface area contributed by atoms with Gasteiger partial charge in [0.2, 0.25) is 17.8 Å². The molecule has 2 N–H and O–H groups in total. The normalized spacial score (nSPS) is 20.6. The number of rotatable bonds is 2. The smallest absolute Gasteiger partial charge is 0.232 e. The van der Waals surface area contributed by atoms with Crippen LogP contribution in [-0.4, -0.2) is 54.3 Å². The zero-order valence-corrected chi connectivity index (χ0v) is 11.1. The van der Waals surface area contributed by atoms with Gasteiger partial charge in [0.05, 0.1) is 6.61 Å². The first kappa shape index (κ1) is 12.4. The summed E-state index contributed by atoms with van der Waals surface area (Å²) in [7, 11) is 0. The molecule has 0 radical (unpaired) electrons. The molecule has 19 heavy (non-hydrogen) atoms. The second-order valence-corrected chi connectivity index (χ2v) is 4.94. The number of nitrogens with zero attached hydrogens (tertiary/aromatic N) is 5. The lowest BCUT2D eigenvalue weighted by molar-refractivity contribution is 0.152. The van der Waals surface area contributed by atoms with Gasteiger partial charge in [-0.3, -0.25) is 0 Å². The summed E-state index contributed by atoms with van der Waals surface area (Å²) in [6.07, 6.45) is 3.38. The van der Waals surface area contributed by atoms with Gasteiger partial charge in [-0.15, -0.1) is 0 Å². The Bertz CT molecular complexity index is 426. The zero-order chi connectivity index (χ0) is 13.1. The van der Waals surface area contributed by atoms with E-state index < -0.39 is 0 Å². The van der Waals surface area contributed by atoms with Crippen molar-refractivity contribution in [3.8, 4) is 0 Å². The molecule has 0 saturated carbocycles. The molecule has 3 heterocycles. The van der Waals surface area contributed by atoms with Crippen LogP contribution in [-0.2, 0) is 4.74 Å². The fourth-order valence-electron chi connectivity index (χ4n) is 2.52. The van der Waals surface area contributed by atoms with Crippen LogP contribution in [0.15, 0.2) is 0 Å². The monoisotopic (exact) mass is 264 g/mol. The summed E-state index contributed by atoms with van der Waals surface area (Å²) < 4.78 is 5.45. The van der Waals surface area contributed by atoms with Gasteiger partial charge in [-0.2, -0.15) is 15.0 Å². The summed E-state index contributed by atoms with van der Waals surface area (Å²) in [5, 5.41) is 0. The number of nitrogens with two attached hydrogens (primary N) is 1. The van der Waals surface area contributed by atoms with E-state index in [0.29, 0.717) is 24.5 Å². The quantitative estimate of drug-likeness (QED) is 0.821. The molecule has 0 amide bonds. The predicted octanol–water partition coefficient (Wildman–Crippen LogP) is 0.281. The van der Waals surface area contributed by atoms with Crippen molar-refractivity contribution in [3.63, 3.8) is 0 Å². The lowest BCUT2D eigenvalue weighted by Crippen LogP contribution is -2.30. The van der Waals surface area contributed by atoms with Gasteiger partial charge in [0.1, 0.15) is 0 Å². The van der Waals surface area contributed by atoms with E-state index in [1.165, 1.54) is 12.8 Å². The van der Waals surface area contributed by atoms with E-state index in [1.807, 2.05) is 0 Å². The topological polar surface area (TPSA) is 80.4 Å². The van der Waals surface area contributed by atoms with E-state index in [9.17, 15) is 0 Å². The summed E-state index contributed by atoms with van der Waals surface area (Å²) in [5.41, 5.74) is 5.83. The molecule has 0 bridgehead atoms. The van der Waals surface area contributed by atoms with Crippen molar-refractivity contribution in [2.45, 2.75) is 19.3 Å².